The first-order valence-electron chi connectivity index (χ1n) is 7.82. The minimum absolute atomic E-state index is 0.116. The van der Waals surface area contributed by atoms with E-state index in [0.29, 0.717) is 28.8 Å². The number of thiazole rings is 1. The van der Waals surface area contributed by atoms with Crippen LogP contribution in [-0.2, 0) is 13.2 Å². The number of benzene rings is 2. The van der Waals surface area contributed by atoms with E-state index >= 15 is 0 Å². The van der Waals surface area contributed by atoms with Gasteiger partial charge in [0.05, 0.1) is 23.8 Å². The zero-order valence-corrected chi connectivity index (χ0v) is 15.8. The van der Waals surface area contributed by atoms with Crippen LogP contribution >= 0.6 is 22.9 Å². The lowest BCUT2D eigenvalue weighted by Gasteiger charge is -2.07. The summed E-state index contributed by atoms with van der Waals surface area (Å²) >= 11 is 7.26. The molecule has 0 saturated carbocycles. The Labute approximate surface area is 164 Å². The molecule has 140 valence electrons. The number of nitrogens with zero attached hydrogens (tertiary/aromatic N) is 2. The molecule has 0 N–H and O–H groups in total. The quantitative estimate of drug-likeness (QED) is 0.392. The molecule has 0 aliphatic heterocycles. The molecular formula is C18H15ClN2O5S. The highest BCUT2D eigenvalue weighted by Gasteiger charge is 2.17. The number of hydrogen-bond acceptors (Lipinski definition) is 7. The summed E-state index contributed by atoms with van der Waals surface area (Å²) in [5, 5.41) is 14.4. The van der Waals surface area contributed by atoms with Gasteiger partial charge in [-0.25, -0.2) is 4.98 Å². The molecule has 0 spiro atoms. The largest absolute Gasteiger partial charge is 0.496 e. The van der Waals surface area contributed by atoms with E-state index in [-0.39, 0.29) is 18.0 Å². The number of ether oxygens (including phenoxy) is 3. The molecule has 3 rings (SSSR count). The van der Waals surface area contributed by atoms with Crippen LogP contribution < -0.4 is 14.2 Å². The van der Waals surface area contributed by atoms with Crippen LogP contribution in [0.3, 0.4) is 0 Å². The van der Waals surface area contributed by atoms with Crippen molar-refractivity contribution in [2.75, 3.05) is 7.11 Å². The number of rotatable bonds is 8. The molecule has 2 aromatic carbocycles. The molecule has 0 fully saturated rings. The first-order chi connectivity index (χ1) is 13.0. The topological polar surface area (TPSA) is 83.7 Å². The summed E-state index contributed by atoms with van der Waals surface area (Å²) in [6.45, 7) is 0.430. The van der Waals surface area contributed by atoms with Gasteiger partial charge in [0.2, 0.25) is 0 Å². The van der Waals surface area contributed by atoms with E-state index in [9.17, 15) is 10.1 Å². The SMILES string of the molecule is COc1ccc(OCc2csc(COc3ccc(Cl)cc3)n2)c([N+](=O)[O-])c1. The van der Waals surface area contributed by atoms with Crippen molar-refractivity contribution >= 4 is 28.6 Å². The molecule has 7 nitrogen and oxygen atoms in total. The molecule has 1 heterocycles. The fourth-order valence-corrected chi connectivity index (χ4v) is 3.01. The van der Waals surface area contributed by atoms with Crippen LogP contribution in [0.2, 0.25) is 5.02 Å². The maximum atomic E-state index is 11.2. The lowest BCUT2D eigenvalue weighted by molar-refractivity contribution is -0.386. The summed E-state index contributed by atoms with van der Waals surface area (Å²) in [7, 11) is 1.45. The molecule has 0 saturated heterocycles. The standard InChI is InChI=1S/C18H15ClN2O5S/c1-24-15-6-7-17(16(8-15)21(22)23)26-9-13-11-27-18(20-13)10-25-14-4-2-12(19)3-5-14/h2-8,11H,9-10H2,1H3. The van der Waals surface area contributed by atoms with Crippen LogP contribution in [0.15, 0.2) is 47.8 Å². The van der Waals surface area contributed by atoms with Crippen molar-refractivity contribution in [3.63, 3.8) is 0 Å². The third-order valence-electron chi connectivity index (χ3n) is 3.51. The van der Waals surface area contributed by atoms with Crippen LogP contribution in [-0.4, -0.2) is 17.0 Å². The molecule has 0 amide bonds. The monoisotopic (exact) mass is 406 g/mol. The molecular weight excluding hydrogens is 392 g/mol. The number of hydrogen-bond donors (Lipinski definition) is 0. The predicted molar refractivity (Wildman–Crippen MR) is 102 cm³/mol. The molecule has 0 unspecified atom stereocenters. The number of nitro groups is 1. The number of halogens is 1. The number of nitro benzene ring substituents is 1. The van der Waals surface area contributed by atoms with E-state index in [1.54, 1.807) is 30.3 Å². The molecule has 0 radical (unpaired) electrons. The lowest BCUT2D eigenvalue weighted by Crippen LogP contribution is -2.01. The molecule has 3 aromatic rings. The Hall–Kier alpha value is -2.84. The minimum Gasteiger partial charge on any atom is -0.496 e. The van der Waals surface area contributed by atoms with Crippen molar-refractivity contribution in [2.24, 2.45) is 0 Å². The first-order valence-corrected chi connectivity index (χ1v) is 9.08. The molecule has 27 heavy (non-hydrogen) atoms. The van der Waals surface area contributed by atoms with Gasteiger partial charge >= 0.3 is 5.69 Å². The summed E-state index contributed by atoms with van der Waals surface area (Å²) in [5.74, 6) is 1.25. The highest BCUT2D eigenvalue weighted by Crippen LogP contribution is 2.31. The summed E-state index contributed by atoms with van der Waals surface area (Å²) in [6.07, 6.45) is 0. The van der Waals surface area contributed by atoms with Crippen LogP contribution in [0.25, 0.3) is 0 Å². The van der Waals surface area contributed by atoms with Gasteiger partial charge in [-0.05, 0) is 36.4 Å². The summed E-state index contributed by atoms with van der Waals surface area (Å²) in [5.41, 5.74) is 0.510. The summed E-state index contributed by atoms with van der Waals surface area (Å²) in [4.78, 5) is 15.1. The van der Waals surface area contributed by atoms with E-state index in [4.69, 9.17) is 25.8 Å². The fraction of sp³-hybridized carbons (Fsp3) is 0.167. The van der Waals surface area contributed by atoms with Crippen molar-refractivity contribution in [1.29, 1.82) is 0 Å². The third-order valence-corrected chi connectivity index (χ3v) is 4.64. The van der Waals surface area contributed by atoms with Gasteiger partial charge in [0.1, 0.15) is 29.7 Å². The van der Waals surface area contributed by atoms with Crippen LogP contribution in [0.4, 0.5) is 5.69 Å². The molecule has 0 atom stereocenters. The maximum Gasteiger partial charge on any atom is 0.314 e. The maximum absolute atomic E-state index is 11.2. The minimum atomic E-state index is -0.510. The first kappa shape index (κ1) is 18.9. The lowest BCUT2D eigenvalue weighted by atomic mass is 10.3. The van der Waals surface area contributed by atoms with Gasteiger partial charge in [0.25, 0.3) is 0 Å². The number of aromatic nitrogens is 1. The summed E-state index contributed by atoms with van der Waals surface area (Å²) < 4.78 is 16.2. The van der Waals surface area contributed by atoms with Gasteiger partial charge in [-0.3, -0.25) is 10.1 Å². The zero-order valence-electron chi connectivity index (χ0n) is 14.3. The van der Waals surface area contributed by atoms with Crippen LogP contribution in [0, 0.1) is 10.1 Å². The second kappa shape index (κ2) is 8.70. The van der Waals surface area contributed by atoms with E-state index in [1.165, 1.54) is 30.6 Å². The second-order valence-electron chi connectivity index (χ2n) is 5.35. The Balaban J connectivity index is 1.59. The summed E-state index contributed by atoms with van der Waals surface area (Å²) in [6, 6.07) is 11.5. The van der Waals surface area contributed by atoms with E-state index in [1.807, 2.05) is 5.38 Å². The van der Waals surface area contributed by atoms with Gasteiger partial charge in [-0.15, -0.1) is 11.3 Å². The third kappa shape index (κ3) is 5.08. The van der Waals surface area contributed by atoms with Gasteiger partial charge < -0.3 is 14.2 Å². The van der Waals surface area contributed by atoms with Crippen molar-refractivity contribution in [1.82, 2.24) is 4.98 Å². The Morgan fingerprint density at radius 3 is 2.56 bits per heavy atom. The van der Waals surface area contributed by atoms with E-state index in [0.717, 1.165) is 5.01 Å². The van der Waals surface area contributed by atoms with E-state index in [2.05, 4.69) is 4.98 Å². The normalized spacial score (nSPS) is 10.4. The Morgan fingerprint density at radius 1 is 1.11 bits per heavy atom. The van der Waals surface area contributed by atoms with Gasteiger partial charge in [0, 0.05) is 10.4 Å². The average Bonchev–Trinajstić information content (AvgIpc) is 3.13. The molecule has 0 bridgehead atoms. The van der Waals surface area contributed by atoms with Crippen LogP contribution in [0.5, 0.6) is 17.2 Å². The fourth-order valence-electron chi connectivity index (χ4n) is 2.20. The van der Waals surface area contributed by atoms with Gasteiger partial charge in [-0.1, -0.05) is 11.6 Å². The van der Waals surface area contributed by atoms with Crippen molar-refractivity contribution in [3.05, 3.63) is 73.7 Å². The smallest absolute Gasteiger partial charge is 0.314 e. The predicted octanol–water partition coefficient (Wildman–Crippen LogP) is 4.87. The second-order valence-corrected chi connectivity index (χ2v) is 6.73. The molecule has 9 heteroatoms. The Morgan fingerprint density at radius 2 is 1.85 bits per heavy atom. The zero-order chi connectivity index (χ0) is 19.2. The van der Waals surface area contributed by atoms with E-state index < -0.39 is 4.92 Å². The highest BCUT2D eigenvalue weighted by atomic mass is 35.5. The van der Waals surface area contributed by atoms with Gasteiger partial charge in [-0.2, -0.15) is 0 Å². The molecule has 1 aromatic heterocycles. The van der Waals surface area contributed by atoms with Crippen molar-refractivity contribution in [3.8, 4) is 17.2 Å². The van der Waals surface area contributed by atoms with Crippen molar-refractivity contribution in [2.45, 2.75) is 13.2 Å². The van der Waals surface area contributed by atoms with Gasteiger partial charge in [0.15, 0.2) is 5.75 Å². The molecule has 0 aliphatic carbocycles. The highest BCUT2D eigenvalue weighted by molar-refractivity contribution is 7.09. The Kier molecular flexibility index (Phi) is 6.10. The number of methoxy groups -OCH3 is 1. The van der Waals surface area contributed by atoms with Crippen LogP contribution in [0.1, 0.15) is 10.7 Å². The average molecular weight is 407 g/mol. The van der Waals surface area contributed by atoms with Crippen molar-refractivity contribution < 1.29 is 19.1 Å². The Bertz CT molecular complexity index is 930. The molecule has 0 aliphatic rings.